The van der Waals surface area contributed by atoms with Crippen LogP contribution in [0.5, 0.6) is 0 Å². The lowest BCUT2D eigenvalue weighted by Crippen LogP contribution is -2.10. The van der Waals surface area contributed by atoms with E-state index in [4.69, 9.17) is 0 Å². The van der Waals surface area contributed by atoms with Gasteiger partial charge in [0.1, 0.15) is 0 Å². The molecule has 2 aliphatic carbocycles. The summed E-state index contributed by atoms with van der Waals surface area (Å²) in [5.41, 5.74) is 8.94. The maximum Gasteiger partial charge on any atom is 0.0256 e. The van der Waals surface area contributed by atoms with Gasteiger partial charge in [-0.25, -0.2) is 0 Å². The molecule has 0 amide bonds. The second kappa shape index (κ2) is 4.35. The van der Waals surface area contributed by atoms with Crippen LogP contribution < -0.4 is 0 Å². The van der Waals surface area contributed by atoms with Gasteiger partial charge in [0, 0.05) is 4.47 Å². The maximum atomic E-state index is 3.73. The Balaban J connectivity index is 2.01. The van der Waals surface area contributed by atoms with Gasteiger partial charge in [-0.2, -0.15) is 0 Å². The molecule has 2 aromatic carbocycles. The molecular weight excluding hydrogens is 296 g/mol. The van der Waals surface area contributed by atoms with Gasteiger partial charge in [-0.05, 0) is 65.1 Å². The Morgan fingerprint density at radius 3 is 2.79 bits per heavy atom. The Kier molecular flexibility index (Phi) is 2.63. The Morgan fingerprint density at radius 1 is 0.895 bits per heavy atom. The number of halogens is 1. The smallest absolute Gasteiger partial charge is 0.0256 e. The predicted octanol–water partition coefficient (Wildman–Crippen LogP) is 5.17. The molecule has 94 valence electrons. The van der Waals surface area contributed by atoms with Crippen LogP contribution in [0.1, 0.15) is 28.7 Å². The molecule has 0 N–H and O–H groups in total. The van der Waals surface area contributed by atoms with E-state index in [0.29, 0.717) is 0 Å². The molecule has 0 unspecified atom stereocenters. The average molecular weight is 311 g/mol. The molecular formula is C18H15Br. The van der Waals surface area contributed by atoms with Crippen molar-refractivity contribution in [1.29, 1.82) is 0 Å². The Hall–Kier alpha value is -1.34. The number of benzene rings is 2. The van der Waals surface area contributed by atoms with Crippen molar-refractivity contribution in [2.45, 2.75) is 25.7 Å². The molecule has 0 aromatic heterocycles. The third-order valence-corrected chi connectivity index (χ3v) is 5.00. The topological polar surface area (TPSA) is 0 Å². The zero-order valence-corrected chi connectivity index (χ0v) is 12.3. The summed E-state index contributed by atoms with van der Waals surface area (Å²) in [6.45, 7) is 0. The van der Waals surface area contributed by atoms with E-state index in [-0.39, 0.29) is 0 Å². The molecule has 0 bridgehead atoms. The maximum absolute atomic E-state index is 3.73. The molecule has 1 heteroatoms. The first kappa shape index (κ1) is 11.5. The van der Waals surface area contributed by atoms with E-state index < -0.39 is 0 Å². The number of rotatable bonds is 0. The van der Waals surface area contributed by atoms with E-state index in [9.17, 15) is 0 Å². The first-order chi connectivity index (χ1) is 9.34. The average Bonchev–Trinajstić information content (AvgIpc) is 2.46. The van der Waals surface area contributed by atoms with Crippen molar-refractivity contribution >= 4 is 22.0 Å². The van der Waals surface area contributed by atoms with E-state index in [2.05, 4.69) is 58.4 Å². The van der Waals surface area contributed by atoms with Gasteiger partial charge in [0.25, 0.3) is 0 Å². The van der Waals surface area contributed by atoms with Gasteiger partial charge in [0.15, 0.2) is 0 Å². The van der Waals surface area contributed by atoms with Crippen molar-refractivity contribution < 1.29 is 0 Å². The molecule has 19 heavy (non-hydrogen) atoms. The molecule has 0 nitrogen and oxygen atoms in total. The monoisotopic (exact) mass is 310 g/mol. The summed E-state index contributed by atoms with van der Waals surface area (Å²) in [7, 11) is 0. The van der Waals surface area contributed by atoms with Crippen molar-refractivity contribution in [2.24, 2.45) is 0 Å². The summed E-state index contributed by atoms with van der Waals surface area (Å²) in [6.07, 6.45) is 9.33. The van der Waals surface area contributed by atoms with Crippen LogP contribution in [0.4, 0.5) is 0 Å². The summed E-state index contributed by atoms with van der Waals surface area (Å²) in [5, 5.41) is 0. The fourth-order valence-electron chi connectivity index (χ4n) is 3.46. The van der Waals surface area contributed by atoms with Crippen LogP contribution in [-0.2, 0) is 19.3 Å². The zero-order valence-electron chi connectivity index (χ0n) is 10.7. The first-order valence-electron chi connectivity index (χ1n) is 6.93. The highest BCUT2D eigenvalue weighted by Crippen LogP contribution is 2.41. The fraction of sp³-hybridized carbons (Fsp3) is 0.222. The largest absolute Gasteiger partial charge is 0.0836 e. The lowest BCUT2D eigenvalue weighted by molar-refractivity contribution is 0.886. The summed E-state index contributed by atoms with van der Waals surface area (Å²) in [4.78, 5) is 0. The SMILES string of the molecule is Brc1cccc2c1-c1ccc3c(c1CC2)CCC=C3. The minimum absolute atomic E-state index is 1.17. The molecule has 0 spiro atoms. The number of fused-ring (bicyclic) bond motifs is 5. The molecule has 2 aliphatic rings. The number of allylic oxidation sites excluding steroid dienone is 1. The lowest BCUT2D eigenvalue weighted by atomic mass is 9.80. The standard InChI is InChI=1S/C18H15Br/c19-17-7-3-5-13-9-10-15-14-6-2-1-4-12(14)8-11-16(15)18(13)17/h1,3-5,7-8,11H,2,6,9-10H2. The molecule has 0 radical (unpaired) electrons. The summed E-state index contributed by atoms with van der Waals surface area (Å²) in [6, 6.07) is 11.2. The van der Waals surface area contributed by atoms with Gasteiger partial charge in [-0.1, -0.05) is 52.3 Å². The van der Waals surface area contributed by atoms with Crippen LogP contribution in [0.15, 0.2) is 40.9 Å². The highest BCUT2D eigenvalue weighted by Gasteiger charge is 2.22. The van der Waals surface area contributed by atoms with E-state index in [1.54, 1.807) is 11.1 Å². The molecule has 0 heterocycles. The van der Waals surface area contributed by atoms with Crippen molar-refractivity contribution in [1.82, 2.24) is 0 Å². The summed E-state index contributed by atoms with van der Waals surface area (Å²) >= 11 is 3.73. The first-order valence-corrected chi connectivity index (χ1v) is 7.73. The van der Waals surface area contributed by atoms with Gasteiger partial charge in [0.05, 0.1) is 0 Å². The molecule has 0 saturated carbocycles. The minimum atomic E-state index is 1.17. The van der Waals surface area contributed by atoms with Gasteiger partial charge < -0.3 is 0 Å². The van der Waals surface area contributed by atoms with E-state index >= 15 is 0 Å². The highest BCUT2D eigenvalue weighted by molar-refractivity contribution is 9.10. The summed E-state index contributed by atoms with van der Waals surface area (Å²) in [5.74, 6) is 0. The van der Waals surface area contributed by atoms with E-state index in [0.717, 1.165) is 0 Å². The Morgan fingerprint density at radius 2 is 1.84 bits per heavy atom. The van der Waals surface area contributed by atoms with Crippen molar-refractivity contribution in [2.75, 3.05) is 0 Å². The third-order valence-electron chi connectivity index (χ3n) is 4.34. The van der Waals surface area contributed by atoms with Crippen LogP contribution in [0.3, 0.4) is 0 Å². The molecule has 0 saturated heterocycles. The van der Waals surface area contributed by atoms with E-state index in [1.807, 2.05) is 0 Å². The molecule has 0 atom stereocenters. The van der Waals surface area contributed by atoms with Crippen molar-refractivity contribution in [3.63, 3.8) is 0 Å². The second-order valence-electron chi connectivity index (χ2n) is 5.37. The van der Waals surface area contributed by atoms with Crippen LogP contribution in [0.25, 0.3) is 17.2 Å². The molecule has 4 rings (SSSR count). The van der Waals surface area contributed by atoms with E-state index in [1.165, 1.54) is 52.4 Å². The number of hydrogen-bond acceptors (Lipinski definition) is 0. The molecule has 0 aliphatic heterocycles. The Labute approximate surface area is 122 Å². The van der Waals surface area contributed by atoms with Crippen molar-refractivity contribution in [3.8, 4) is 11.1 Å². The van der Waals surface area contributed by atoms with Gasteiger partial charge in [-0.3, -0.25) is 0 Å². The number of hydrogen-bond donors (Lipinski definition) is 0. The normalized spacial score (nSPS) is 15.6. The minimum Gasteiger partial charge on any atom is -0.0836 e. The third kappa shape index (κ3) is 1.72. The fourth-order valence-corrected chi connectivity index (χ4v) is 4.08. The van der Waals surface area contributed by atoms with Crippen LogP contribution in [-0.4, -0.2) is 0 Å². The van der Waals surface area contributed by atoms with Crippen LogP contribution in [0, 0.1) is 0 Å². The molecule has 2 aromatic rings. The van der Waals surface area contributed by atoms with Crippen LogP contribution >= 0.6 is 15.9 Å². The predicted molar refractivity (Wildman–Crippen MR) is 84.3 cm³/mol. The van der Waals surface area contributed by atoms with Gasteiger partial charge >= 0.3 is 0 Å². The van der Waals surface area contributed by atoms with Gasteiger partial charge in [-0.15, -0.1) is 0 Å². The highest BCUT2D eigenvalue weighted by atomic mass is 79.9. The zero-order chi connectivity index (χ0) is 12.8. The second-order valence-corrected chi connectivity index (χ2v) is 6.23. The lowest BCUT2D eigenvalue weighted by Gasteiger charge is -2.26. The molecule has 0 fully saturated rings. The quantitative estimate of drug-likeness (QED) is 0.629. The Bertz CT molecular complexity index is 695. The van der Waals surface area contributed by atoms with Gasteiger partial charge in [0.2, 0.25) is 0 Å². The summed E-state index contributed by atoms with van der Waals surface area (Å²) < 4.78 is 1.23. The van der Waals surface area contributed by atoms with Crippen molar-refractivity contribution in [3.05, 3.63) is 63.1 Å². The number of aryl methyl sites for hydroxylation is 1. The van der Waals surface area contributed by atoms with Crippen LogP contribution in [0.2, 0.25) is 0 Å².